The van der Waals surface area contributed by atoms with Gasteiger partial charge in [-0.1, -0.05) is 25.5 Å². The van der Waals surface area contributed by atoms with Gasteiger partial charge in [-0.05, 0) is 25.0 Å². The molecule has 0 radical (unpaired) electrons. The van der Waals surface area contributed by atoms with Gasteiger partial charge in [0.1, 0.15) is 0 Å². The molecule has 0 atom stereocenters. The lowest BCUT2D eigenvalue weighted by atomic mass is 10.1. The van der Waals surface area contributed by atoms with E-state index in [-0.39, 0.29) is 0 Å². The molecule has 0 spiro atoms. The number of carboxylic acid groups (broad SMARTS) is 1. The average Bonchev–Trinajstić information content (AvgIpc) is 2.17. The summed E-state index contributed by atoms with van der Waals surface area (Å²) < 4.78 is 0. The van der Waals surface area contributed by atoms with E-state index < -0.39 is 5.97 Å². The predicted octanol–water partition coefficient (Wildman–Crippen LogP) is 2.91. The Kier molecular flexibility index (Phi) is 4.16. The van der Waals surface area contributed by atoms with Crippen LogP contribution in [0.15, 0.2) is 18.2 Å². The van der Waals surface area contributed by atoms with Gasteiger partial charge in [0, 0.05) is 12.2 Å². The van der Waals surface area contributed by atoms with Crippen molar-refractivity contribution < 1.29 is 9.90 Å². The number of hydrogen-bond acceptors (Lipinski definition) is 2. The number of unbranched alkanes of at least 4 members (excludes halogenated alkanes) is 1. The molecule has 0 amide bonds. The van der Waals surface area contributed by atoms with Crippen LogP contribution in [-0.4, -0.2) is 17.6 Å². The first kappa shape index (κ1) is 11.6. The summed E-state index contributed by atoms with van der Waals surface area (Å²) in [5.74, 6) is -0.868. The zero-order valence-electron chi connectivity index (χ0n) is 9.21. The summed E-state index contributed by atoms with van der Waals surface area (Å²) in [7, 11) is 0. The first-order valence-corrected chi connectivity index (χ1v) is 5.23. The first-order valence-electron chi connectivity index (χ1n) is 5.23. The number of anilines is 1. The average molecular weight is 207 g/mol. The summed E-state index contributed by atoms with van der Waals surface area (Å²) in [5.41, 5.74) is 1.90. The van der Waals surface area contributed by atoms with Crippen LogP contribution in [0, 0.1) is 6.92 Å². The van der Waals surface area contributed by atoms with Gasteiger partial charge in [0.25, 0.3) is 0 Å². The number of rotatable bonds is 5. The first-order chi connectivity index (χ1) is 7.16. The Morgan fingerprint density at radius 1 is 1.47 bits per heavy atom. The molecule has 15 heavy (non-hydrogen) atoms. The second kappa shape index (κ2) is 5.39. The lowest BCUT2D eigenvalue weighted by molar-refractivity contribution is 0.0697. The van der Waals surface area contributed by atoms with Crippen LogP contribution in [0.3, 0.4) is 0 Å². The minimum Gasteiger partial charge on any atom is -0.478 e. The highest BCUT2D eigenvalue weighted by molar-refractivity contribution is 5.95. The Labute approximate surface area is 90.1 Å². The van der Waals surface area contributed by atoms with E-state index in [1.807, 2.05) is 25.1 Å². The fourth-order valence-corrected chi connectivity index (χ4v) is 1.50. The van der Waals surface area contributed by atoms with E-state index in [0.717, 1.165) is 30.6 Å². The summed E-state index contributed by atoms with van der Waals surface area (Å²) in [5, 5.41) is 12.2. The van der Waals surface area contributed by atoms with Crippen molar-refractivity contribution >= 4 is 11.7 Å². The summed E-state index contributed by atoms with van der Waals surface area (Å²) in [4.78, 5) is 11.0. The molecular formula is C12H17NO2. The molecule has 1 aromatic rings. The van der Waals surface area contributed by atoms with E-state index in [1.165, 1.54) is 0 Å². The molecule has 1 rings (SSSR count). The Bertz CT molecular complexity index is 347. The molecule has 3 heteroatoms. The van der Waals surface area contributed by atoms with E-state index in [2.05, 4.69) is 12.2 Å². The van der Waals surface area contributed by atoms with Crippen molar-refractivity contribution in [1.29, 1.82) is 0 Å². The summed E-state index contributed by atoms with van der Waals surface area (Å²) >= 11 is 0. The molecular weight excluding hydrogens is 190 g/mol. The maximum atomic E-state index is 11.0. The van der Waals surface area contributed by atoms with Crippen LogP contribution >= 0.6 is 0 Å². The van der Waals surface area contributed by atoms with Crippen molar-refractivity contribution in [3.05, 3.63) is 29.3 Å². The SMILES string of the molecule is CCCCNc1cccc(C)c1C(=O)O. The highest BCUT2D eigenvalue weighted by Crippen LogP contribution is 2.19. The largest absolute Gasteiger partial charge is 0.478 e. The van der Waals surface area contributed by atoms with Crippen molar-refractivity contribution in [2.75, 3.05) is 11.9 Å². The number of aryl methyl sites for hydroxylation is 1. The smallest absolute Gasteiger partial charge is 0.338 e. The quantitative estimate of drug-likeness (QED) is 0.730. The number of carboxylic acids is 1. The van der Waals surface area contributed by atoms with Gasteiger partial charge in [0.15, 0.2) is 0 Å². The van der Waals surface area contributed by atoms with E-state index in [1.54, 1.807) is 0 Å². The van der Waals surface area contributed by atoms with Gasteiger partial charge >= 0.3 is 5.97 Å². The Morgan fingerprint density at radius 2 is 2.20 bits per heavy atom. The van der Waals surface area contributed by atoms with Crippen LogP contribution in [0.1, 0.15) is 35.7 Å². The van der Waals surface area contributed by atoms with Gasteiger partial charge in [-0.25, -0.2) is 4.79 Å². The van der Waals surface area contributed by atoms with Crippen molar-refractivity contribution in [1.82, 2.24) is 0 Å². The Balaban J connectivity index is 2.86. The minimum atomic E-state index is -0.868. The fraction of sp³-hybridized carbons (Fsp3) is 0.417. The van der Waals surface area contributed by atoms with Gasteiger partial charge < -0.3 is 10.4 Å². The van der Waals surface area contributed by atoms with E-state index in [9.17, 15) is 4.79 Å². The zero-order valence-corrected chi connectivity index (χ0v) is 9.21. The lowest BCUT2D eigenvalue weighted by Crippen LogP contribution is -2.09. The molecule has 2 N–H and O–H groups in total. The molecule has 0 saturated carbocycles. The third-order valence-electron chi connectivity index (χ3n) is 2.33. The molecule has 0 bridgehead atoms. The van der Waals surface area contributed by atoms with E-state index in [0.29, 0.717) is 5.56 Å². The molecule has 0 unspecified atom stereocenters. The maximum absolute atomic E-state index is 11.0. The summed E-state index contributed by atoms with van der Waals surface area (Å²) in [6.45, 7) is 4.74. The van der Waals surface area contributed by atoms with E-state index in [4.69, 9.17) is 5.11 Å². The third-order valence-corrected chi connectivity index (χ3v) is 2.33. The summed E-state index contributed by atoms with van der Waals surface area (Å²) in [6, 6.07) is 5.50. The van der Waals surface area contributed by atoms with Crippen LogP contribution in [0.4, 0.5) is 5.69 Å². The van der Waals surface area contributed by atoms with Crippen LogP contribution in [0.5, 0.6) is 0 Å². The Morgan fingerprint density at radius 3 is 2.80 bits per heavy atom. The van der Waals surface area contributed by atoms with Crippen molar-refractivity contribution in [3.8, 4) is 0 Å². The standard InChI is InChI=1S/C12H17NO2/c1-3-4-8-13-10-7-5-6-9(2)11(10)12(14)15/h5-7,13H,3-4,8H2,1-2H3,(H,14,15). The number of aromatic carboxylic acids is 1. The lowest BCUT2D eigenvalue weighted by Gasteiger charge is -2.10. The van der Waals surface area contributed by atoms with Gasteiger partial charge in [-0.3, -0.25) is 0 Å². The second-order valence-corrected chi connectivity index (χ2v) is 3.58. The molecule has 0 aliphatic heterocycles. The molecule has 0 aliphatic rings. The van der Waals surface area contributed by atoms with Gasteiger partial charge in [0.2, 0.25) is 0 Å². The van der Waals surface area contributed by atoms with Crippen LogP contribution < -0.4 is 5.32 Å². The molecule has 1 aromatic carbocycles. The maximum Gasteiger partial charge on any atom is 0.338 e. The van der Waals surface area contributed by atoms with Gasteiger partial charge in [-0.15, -0.1) is 0 Å². The highest BCUT2D eigenvalue weighted by atomic mass is 16.4. The minimum absolute atomic E-state index is 0.383. The monoisotopic (exact) mass is 207 g/mol. The number of carbonyl (C=O) groups is 1. The molecule has 0 aromatic heterocycles. The second-order valence-electron chi connectivity index (χ2n) is 3.58. The fourth-order valence-electron chi connectivity index (χ4n) is 1.50. The number of benzene rings is 1. The number of hydrogen-bond donors (Lipinski definition) is 2. The molecule has 0 heterocycles. The molecule has 0 saturated heterocycles. The Hall–Kier alpha value is -1.51. The number of nitrogens with one attached hydrogen (secondary N) is 1. The van der Waals surface area contributed by atoms with Crippen LogP contribution in [-0.2, 0) is 0 Å². The normalized spacial score (nSPS) is 10.0. The molecule has 3 nitrogen and oxygen atoms in total. The zero-order chi connectivity index (χ0) is 11.3. The molecule has 82 valence electrons. The highest BCUT2D eigenvalue weighted by Gasteiger charge is 2.11. The van der Waals surface area contributed by atoms with Crippen molar-refractivity contribution in [3.63, 3.8) is 0 Å². The molecule has 0 aliphatic carbocycles. The van der Waals surface area contributed by atoms with Gasteiger partial charge in [0.05, 0.1) is 5.56 Å². The predicted molar refractivity (Wildman–Crippen MR) is 61.5 cm³/mol. The third kappa shape index (κ3) is 2.98. The van der Waals surface area contributed by atoms with E-state index >= 15 is 0 Å². The topological polar surface area (TPSA) is 49.3 Å². The van der Waals surface area contributed by atoms with Crippen molar-refractivity contribution in [2.24, 2.45) is 0 Å². The summed E-state index contributed by atoms with van der Waals surface area (Å²) in [6.07, 6.45) is 2.15. The van der Waals surface area contributed by atoms with Crippen molar-refractivity contribution in [2.45, 2.75) is 26.7 Å². The van der Waals surface area contributed by atoms with Crippen LogP contribution in [0.2, 0.25) is 0 Å². The van der Waals surface area contributed by atoms with Gasteiger partial charge in [-0.2, -0.15) is 0 Å². The van der Waals surface area contributed by atoms with Crippen LogP contribution in [0.25, 0.3) is 0 Å². The molecule has 0 fully saturated rings.